The summed E-state index contributed by atoms with van der Waals surface area (Å²) < 4.78 is 16.6. The zero-order valence-electron chi connectivity index (χ0n) is 35.7. The lowest BCUT2D eigenvalue weighted by Crippen LogP contribution is -2.30. The van der Waals surface area contributed by atoms with Gasteiger partial charge in [0.2, 0.25) is 0 Å². The van der Waals surface area contributed by atoms with E-state index in [0.29, 0.717) is 19.3 Å². The molecule has 0 aliphatic heterocycles. The van der Waals surface area contributed by atoms with E-state index in [1.807, 2.05) is 0 Å². The number of carbonyl (C=O) groups is 3. The number of allylic oxidation sites excluding steroid dienone is 12. The van der Waals surface area contributed by atoms with Crippen LogP contribution in [0.3, 0.4) is 0 Å². The van der Waals surface area contributed by atoms with Gasteiger partial charge in [-0.1, -0.05) is 158 Å². The van der Waals surface area contributed by atoms with Crippen LogP contribution < -0.4 is 0 Å². The van der Waals surface area contributed by atoms with Crippen molar-refractivity contribution in [3.05, 3.63) is 72.9 Å². The highest BCUT2D eigenvalue weighted by Gasteiger charge is 2.19. The molecular formula is C49H82O6. The van der Waals surface area contributed by atoms with Gasteiger partial charge in [-0.05, 0) is 96.3 Å². The molecule has 55 heavy (non-hydrogen) atoms. The summed E-state index contributed by atoms with van der Waals surface area (Å²) >= 11 is 0. The molecule has 1 unspecified atom stereocenters. The molecule has 0 aromatic rings. The van der Waals surface area contributed by atoms with Gasteiger partial charge in [0.15, 0.2) is 6.10 Å². The molecule has 0 spiro atoms. The second kappa shape index (κ2) is 43.6. The van der Waals surface area contributed by atoms with Crippen molar-refractivity contribution in [2.45, 2.75) is 207 Å². The van der Waals surface area contributed by atoms with Crippen molar-refractivity contribution >= 4 is 17.9 Å². The van der Waals surface area contributed by atoms with Crippen LogP contribution in [-0.2, 0) is 28.6 Å². The van der Waals surface area contributed by atoms with Crippen LogP contribution in [0.15, 0.2) is 72.9 Å². The summed E-state index contributed by atoms with van der Waals surface area (Å²) in [6, 6.07) is 0. The van der Waals surface area contributed by atoms with Gasteiger partial charge >= 0.3 is 17.9 Å². The molecule has 0 radical (unpaired) electrons. The topological polar surface area (TPSA) is 78.9 Å². The molecular weight excluding hydrogens is 685 g/mol. The average molecular weight is 767 g/mol. The maximum absolute atomic E-state index is 12.7. The van der Waals surface area contributed by atoms with Gasteiger partial charge in [0, 0.05) is 19.3 Å². The predicted molar refractivity (Wildman–Crippen MR) is 233 cm³/mol. The molecule has 314 valence electrons. The highest BCUT2D eigenvalue weighted by Crippen LogP contribution is 2.12. The Bertz CT molecular complexity index is 1070. The third kappa shape index (κ3) is 41.8. The van der Waals surface area contributed by atoms with E-state index in [-0.39, 0.29) is 31.1 Å². The lowest BCUT2D eigenvalue weighted by Gasteiger charge is -2.18. The van der Waals surface area contributed by atoms with Gasteiger partial charge in [0.25, 0.3) is 0 Å². The minimum Gasteiger partial charge on any atom is -0.462 e. The molecule has 0 N–H and O–H groups in total. The quantitative estimate of drug-likeness (QED) is 0.0268. The molecule has 1 atom stereocenters. The second-order valence-electron chi connectivity index (χ2n) is 14.6. The Morgan fingerprint density at radius 1 is 0.382 bits per heavy atom. The van der Waals surface area contributed by atoms with Crippen molar-refractivity contribution in [1.29, 1.82) is 0 Å². The predicted octanol–water partition coefficient (Wildman–Crippen LogP) is 14.3. The summed E-state index contributed by atoms with van der Waals surface area (Å²) in [4.78, 5) is 37.7. The first-order chi connectivity index (χ1) is 27.0. The maximum atomic E-state index is 12.7. The number of unbranched alkanes of at least 4 members (excludes halogenated alkanes) is 16. The number of carbonyl (C=O) groups excluding carboxylic acids is 3. The summed E-state index contributed by atoms with van der Waals surface area (Å²) in [7, 11) is 0. The van der Waals surface area contributed by atoms with E-state index in [1.54, 1.807) is 0 Å². The smallest absolute Gasteiger partial charge is 0.306 e. The van der Waals surface area contributed by atoms with E-state index in [1.165, 1.54) is 51.4 Å². The summed E-state index contributed by atoms with van der Waals surface area (Å²) in [5.41, 5.74) is 0. The van der Waals surface area contributed by atoms with Gasteiger partial charge in [-0.2, -0.15) is 0 Å². The lowest BCUT2D eigenvalue weighted by atomic mass is 10.1. The number of esters is 3. The molecule has 0 aliphatic carbocycles. The lowest BCUT2D eigenvalue weighted by molar-refractivity contribution is -0.167. The molecule has 0 aromatic heterocycles. The molecule has 0 heterocycles. The van der Waals surface area contributed by atoms with E-state index < -0.39 is 6.10 Å². The molecule has 0 fully saturated rings. The fraction of sp³-hybridized carbons (Fsp3) is 0.694. The Morgan fingerprint density at radius 2 is 0.709 bits per heavy atom. The number of hydrogen-bond donors (Lipinski definition) is 0. The Balaban J connectivity index is 4.47. The fourth-order valence-corrected chi connectivity index (χ4v) is 5.75. The van der Waals surface area contributed by atoms with Crippen LogP contribution in [0.1, 0.15) is 201 Å². The van der Waals surface area contributed by atoms with Gasteiger partial charge in [0.05, 0.1) is 0 Å². The SMILES string of the molecule is CC/C=C\C/C=C\C/C=C\C/C=C\CCCCC(=O)OCC(COC(=O)CCCCCCC/C=C\CCCC)OC(=O)CCCCCCC/C=C\CCCC. The highest BCUT2D eigenvalue weighted by molar-refractivity contribution is 5.71. The third-order valence-electron chi connectivity index (χ3n) is 9.16. The zero-order valence-corrected chi connectivity index (χ0v) is 35.7. The van der Waals surface area contributed by atoms with E-state index >= 15 is 0 Å². The molecule has 0 aliphatic rings. The highest BCUT2D eigenvalue weighted by atomic mass is 16.6. The summed E-state index contributed by atoms with van der Waals surface area (Å²) in [5.74, 6) is -0.967. The molecule has 6 heteroatoms. The van der Waals surface area contributed by atoms with E-state index in [4.69, 9.17) is 14.2 Å². The van der Waals surface area contributed by atoms with Crippen molar-refractivity contribution in [2.24, 2.45) is 0 Å². The van der Waals surface area contributed by atoms with Crippen molar-refractivity contribution < 1.29 is 28.6 Å². The average Bonchev–Trinajstić information content (AvgIpc) is 3.18. The van der Waals surface area contributed by atoms with E-state index in [0.717, 1.165) is 109 Å². The van der Waals surface area contributed by atoms with E-state index in [9.17, 15) is 14.4 Å². The van der Waals surface area contributed by atoms with E-state index in [2.05, 4.69) is 93.7 Å². The Labute approximate surface area is 338 Å². The van der Waals surface area contributed by atoms with Crippen LogP contribution in [0.4, 0.5) is 0 Å². The summed E-state index contributed by atoms with van der Waals surface area (Å²) in [6.07, 6.45) is 53.1. The number of ether oxygens (including phenoxy) is 3. The third-order valence-corrected chi connectivity index (χ3v) is 9.16. The normalized spacial score (nSPS) is 12.7. The summed E-state index contributed by atoms with van der Waals surface area (Å²) in [5, 5.41) is 0. The van der Waals surface area contributed by atoms with Gasteiger partial charge in [-0.3, -0.25) is 14.4 Å². The molecule has 0 bridgehead atoms. The van der Waals surface area contributed by atoms with Crippen LogP contribution in [0, 0.1) is 0 Å². The molecule has 6 nitrogen and oxygen atoms in total. The van der Waals surface area contributed by atoms with Crippen LogP contribution >= 0.6 is 0 Å². The first-order valence-electron chi connectivity index (χ1n) is 22.4. The van der Waals surface area contributed by atoms with Crippen molar-refractivity contribution in [3.63, 3.8) is 0 Å². The monoisotopic (exact) mass is 767 g/mol. The first-order valence-corrected chi connectivity index (χ1v) is 22.4. The fourth-order valence-electron chi connectivity index (χ4n) is 5.75. The maximum Gasteiger partial charge on any atom is 0.306 e. The summed E-state index contributed by atoms with van der Waals surface area (Å²) in [6.45, 7) is 6.37. The van der Waals surface area contributed by atoms with Gasteiger partial charge in [-0.25, -0.2) is 0 Å². The molecule has 0 rings (SSSR count). The van der Waals surface area contributed by atoms with Crippen molar-refractivity contribution in [2.75, 3.05) is 13.2 Å². The van der Waals surface area contributed by atoms with Gasteiger partial charge in [-0.15, -0.1) is 0 Å². The largest absolute Gasteiger partial charge is 0.462 e. The van der Waals surface area contributed by atoms with Crippen LogP contribution in [-0.4, -0.2) is 37.2 Å². The number of rotatable bonds is 39. The minimum atomic E-state index is -0.797. The van der Waals surface area contributed by atoms with Crippen molar-refractivity contribution in [1.82, 2.24) is 0 Å². The Morgan fingerprint density at radius 3 is 1.16 bits per heavy atom. The minimum absolute atomic E-state index is 0.0974. The Hall–Kier alpha value is -3.15. The Kier molecular flexibility index (Phi) is 41.1. The van der Waals surface area contributed by atoms with Gasteiger partial charge in [0.1, 0.15) is 13.2 Å². The number of hydrogen-bond acceptors (Lipinski definition) is 6. The van der Waals surface area contributed by atoms with Crippen LogP contribution in [0.25, 0.3) is 0 Å². The molecule has 0 saturated carbocycles. The molecule has 0 aromatic carbocycles. The molecule has 0 amide bonds. The van der Waals surface area contributed by atoms with Crippen LogP contribution in [0.5, 0.6) is 0 Å². The standard InChI is InChI=1S/C49H82O6/c1-4-7-10-13-16-19-22-23-24-25-28-30-33-36-39-42-48(51)54-45-46(55-49(52)43-40-37-34-31-27-21-18-15-12-9-6-3)44-53-47(50)41-38-35-32-29-26-20-17-14-11-8-5-2/h7,10,14-19,23-24,28,30,46H,4-6,8-9,11-13,20-22,25-27,29,31-45H2,1-3H3/b10-7-,17-14-,18-15-,19-16-,24-23-,30-28-. The zero-order chi connectivity index (χ0) is 40.1. The van der Waals surface area contributed by atoms with Crippen molar-refractivity contribution in [3.8, 4) is 0 Å². The van der Waals surface area contributed by atoms with Gasteiger partial charge < -0.3 is 14.2 Å². The molecule has 0 saturated heterocycles. The first kappa shape index (κ1) is 51.9. The van der Waals surface area contributed by atoms with Crippen LogP contribution in [0.2, 0.25) is 0 Å². The second-order valence-corrected chi connectivity index (χ2v) is 14.6.